The van der Waals surface area contributed by atoms with Crippen molar-refractivity contribution in [2.45, 2.75) is 40.0 Å². The lowest BCUT2D eigenvalue weighted by atomic mass is 10.0. The predicted octanol–water partition coefficient (Wildman–Crippen LogP) is 6.00. The van der Waals surface area contributed by atoms with Gasteiger partial charge in [-0.3, -0.25) is 9.59 Å². The first-order chi connectivity index (χ1) is 16.9. The van der Waals surface area contributed by atoms with Crippen LogP contribution in [0.15, 0.2) is 72.4 Å². The highest BCUT2D eigenvalue weighted by Crippen LogP contribution is 2.36. The fourth-order valence-corrected chi connectivity index (χ4v) is 4.86. The summed E-state index contributed by atoms with van der Waals surface area (Å²) < 4.78 is 0. The van der Waals surface area contributed by atoms with Crippen molar-refractivity contribution in [1.82, 2.24) is 0 Å². The van der Waals surface area contributed by atoms with Gasteiger partial charge >= 0.3 is 0 Å². The number of rotatable bonds is 5. The Labute approximate surface area is 207 Å². The van der Waals surface area contributed by atoms with E-state index in [1.54, 1.807) is 0 Å². The van der Waals surface area contributed by atoms with E-state index < -0.39 is 0 Å². The lowest BCUT2D eigenvalue weighted by Gasteiger charge is -2.28. The van der Waals surface area contributed by atoms with Crippen molar-refractivity contribution >= 4 is 34.4 Å². The maximum Gasteiger partial charge on any atom is 0.282 e. The topological polar surface area (TPSA) is 52.7 Å². The van der Waals surface area contributed by atoms with Crippen LogP contribution in [0.4, 0.5) is 17.1 Å². The minimum absolute atomic E-state index is 0.306. The van der Waals surface area contributed by atoms with Crippen molar-refractivity contribution in [3.63, 3.8) is 0 Å². The monoisotopic (exact) mass is 465 g/mol. The Bertz CT molecular complexity index is 1300. The number of hydrogen-bond donors (Lipinski definition) is 1. The number of carbonyl (C=O) groups is 2. The van der Waals surface area contributed by atoms with Crippen LogP contribution in [0.3, 0.4) is 0 Å². The van der Waals surface area contributed by atoms with E-state index in [1.807, 2.05) is 75.4 Å². The fourth-order valence-electron chi connectivity index (χ4n) is 4.86. The summed E-state index contributed by atoms with van der Waals surface area (Å²) in [7, 11) is 0. The molecule has 2 aliphatic heterocycles. The second kappa shape index (κ2) is 9.41. The molecule has 0 spiro atoms. The molecule has 0 saturated carbocycles. The highest BCUT2D eigenvalue weighted by molar-refractivity contribution is 6.46. The zero-order valence-electron chi connectivity index (χ0n) is 20.6. The summed E-state index contributed by atoms with van der Waals surface area (Å²) in [5.41, 5.74) is 7.02. The van der Waals surface area contributed by atoms with Gasteiger partial charge in [0.1, 0.15) is 5.70 Å². The molecule has 3 aromatic rings. The van der Waals surface area contributed by atoms with Gasteiger partial charge in [0.05, 0.1) is 11.3 Å². The summed E-state index contributed by atoms with van der Waals surface area (Å²) >= 11 is 0. The molecule has 1 saturated heterocycles. The Kier molecular flexibility index (Phi) is 6.16. The Morgan fingerprint density at radius 3 is 2.06 bits per heavy atom. The second-order valence-electron chi connectivity index (χ2n) is 9.57. The molecule has 35 heavy (non-hydrogen) atoms. The van der Waals surface area contributed by atoms with Gasteiger partial charge in [0.2, 0.25) is 0 Å². The van der Waals surface area contributed by atoms with Crippen LogP contribution in [-0.4, -0.2) is 24.9 Å². The van der Waals surface area contributed by atoms with Gasteiger partial charge in [0, 0.05) is 24.5 Å². The Morgan fingerprint density at radius 1 is 0.714 bits per heavy atom. The van der Waals surface area contributed by atoms with Crippen molar-refractivity contribution < 1.29 is 9.59 Å². The third-order valence-electron chi connectivity index (χ3n) is 6.89. The third-order valence-corrected chi connectivity index (χ3v) is 6.89. The zero-order valence-corrected chi connectivity index (χ0v) is 20.6. The van der Waals surface area contributed by atoms with E-state index in [9.17, 15) is 9.59 Å². The first-order valence-corrected chi connectivity index (χ1v) is 12.3. The molecule has 5 rings (SSSR count). The van der Waals surface area contributed by atoms with Crippen LogP contribution in [0.5, 0.6) is 0 Å². The highest BCUT2D eigenvalue weighted by Gasteiger charge is 2.40. The molecule has 1 fully saturated rings. The number of carbonyl (C=O) groups excluding carboxylic acids is 2. The predicted molar refractivity (Wildman–Crippen MR) is 143 cm³/mol. The molecule has 2 amide bonds. The number of imide groups is 1. The van der Waals surface area contributed by atoms with Crippen LogP contribution in [0.1, 0.15) is 41.5 Å². The van der Waals surface area contributed by atoms with E-state index in [0.29, 0.717) is 17.0 Å². The first-order valence-electron chi connectivity index (χ1n) is 12.3. The van der Waals surface area contributed by atoms with Gasteiger partial charge in [-0.25, -0.2) is 4.90 Å². The van der Waals surface area contributed by atoms with E-state index in [4.69, 9.17) is 0 Å². The molecule has 178 valence electrons. The van der Waals surface area contributed by atoms with Crippen molar-refractivity contribution in [2.75, 3.05) is 28.2 Å². The number of benzene rings is 3. The van der Waals surface area contributed by atoms with Gasteiger partial charge in [0.15, 0.2) is 0 Å². The van der Waals surface area contributed by atoms with Crippen LogP contribution in [0.2, 0.25) is 0 Å². The number of nitrogens with zero attached hydrogens (tertiary/aromatic N) is 2. The number of aryl methyl sites for hydroxylation is 3. The first kappa shape index (κ1) is 22.9. The van der Waals surface area contributed by atoms with Crippen LogP contribution < -0.4 is 15.1 Å². The van der Waals surface area contributed by atoms with Gasteiger partial charge in [-0.05, 0) is 87.1 Å². The van der Waals surface area contributed by atoms with E-state index in [1.165, 1.54) is 29.8 Å². The lowest BCUT2D eigenvalue weighted by Crippen LogP contribution is -2.33. The SMILES string of the molecule is Cc1ccc(C2=C(Nc3ccc(N4CCCCC4)cc3)C(=O)N(c3cc(C)ccc3C)C2=O)cc1. The Balaban J connectivity index is 1.52. The van der Waals surface area contributed by atoms with Crippen LogP contribution in [0, 0.1) is 20.8 Å². The molecule has 0 atom stereocenters. The number of nitrogens with one attached hydrogen (secondary N) is 1. The maximum absolute atomic E-state index is 13.7. The number of piperidine rings is 1. The van der Waals surface area contributed by atoms with Crippen molar-refractivity contribution in [3.8, 4) is 0 Å². The quantitative estimate of drug-likeness (QED) is 0.470. The number of amides is 2. The molecule has 0 bridgehead atoms. The minimum atomic E-state index is -0.334. The summed E-state index contributed by atoms with van der Waals surface area (Å²) in [6.45, 7) is 8.04. The summed E-state index contributed by atoms with van der Waals surface area (Å²) in [5.74, 6) is -0.639. The molecular weight excluding hydrogens is 434 g/mol. The summed E-state index contributed by atoms with van der Waals surface area (Å²) in [6.07, 6.45) is 3.73. The standard InChI is InChI=1S/C30H31N3O2/c1-20-8-11-23(12-9-20)27-28(30(35)33(29(27)34)26-19-21(2)7-10-22(26)3)31-24-13-15-25(16-14-24)32-17-5-4-6-18-32/h7-16,19,31H,4-6,17-18H2,1-3H3. The number of hydrogen-bond acceptors (Lipinski definition) is 4. The van der Waals surface area contributed by atoms with Crippen LogP contribution >= 0.6 is 0 Å². The van der Waals surface area contributed by atoms with E-state index in [0.717, 1.165) is 41.0 Å². The average Bonchev–Trinajstić information content (AvgIpc) is 3.11. The molecule has 3 aromatic carbocycles. The smallest absolute Gasteiger partial charge is 0.282 e. The molecule has 1 N–H and O–H groups in total. The average molecular weight is 466 g/mol. The van der Waals surface area contributed by atoms with E-state index in [-0.39, 0.29) is 11.8 Å². The molecule has 5 nitrogen and oxygen atoms in total. The molecule has 2 heterocycles. The highest BCUT2D eigenvalue weighted by atomic mass is 16.2. The Hall–Kier alpha value is -3.86. The van der Waals surface area contributed by atoms with E-state index >= 15 is 0 Å². The summed E-state index contributed by atoms with van der Waals surface area (Å²) in [6, 6.07) is 21.7. The lowest BCUT2D eigenvalue weighted by molar-refractivity contribution is -0.120. The van der Waals surface area contributed by atoms with Gasteiger partial charge in [-0.15, -0.1) is 0 Å². The zero-order chi connectivity index (χ0) is 24.5. The Morgan fingerprint density at radius 2 is 1.37 bits per heavy atom. The van der Waals surface area contributed by atoms with Crippen LogP contribution in [0.25, 0.3) is 5.57 Å². The maximum atomic E-state index is 13.7. The molecule has 2 aliphatic rings. The van der Waals surface area contributed by atoms with Crippen molar-refractivity contribution in [1.29, 1.82) is 0 Å². The molecule has 0 radical (unpaired) electrons. The third kappa shape index (κ3) is 4.46. The minimum Gasteiger partial charge on any atom is -0.372 e. The van der Waals surface area contributed by atoms with E-state index in [2.05, 4.69) is 22.3 Å². The molecule has 0 aliphatic carbocycles. The normalized spacial score (nSPS) is 16.3. The molecule has 0 aromatic heterocycles. The molecular formula is C30H31N3O2. The molecule has 5 heteroatoms. The molecule has 0 unspecified atom stereocenters. The second-order valence-corrected chi connectivity index (χ2v) is 9.57. The summed E-state index contributed by atoms with van der Waals surface area (Å²) in [4.78, 5) is 31.2. The van der Waals surface area contributed by atoms with Gasteiger partial charge < -0.3 is 10.2 Å². The number of anilines is 3. The van der Waals surface area contributed by atoms with Gasteiger partial charge in [-0.2, -0.15) is 0 Å². The summed E-state index contributed by atoms with van der Waals surface area (Å²) in [5, 5.41) is 3.30. The van der Waals surface area contributed by atoms with Gasteiger partial charge in [-0.1, -0.05) is 42.0 Å². The van der Waals surface area contributed by atoms with Crippen LogP contribution in [-0.2, 0) is 9.59 Å². The van der Waals surface area contributed by atoms with Crippen molar-refractivity contribution in [3.05, 3.63) is 94.7 Å². The fraction of sp³-hybridized carbons (Fsp3) is 0.267. The van der Waals surface area contributed by atoms with Gasteiger partial charge in [0.25, 0.3) is 11.8 Å². The van der Waals surface area contributed by atoms with Crippen molar-refractivity contribution in [2.24, 2.45) is 0 Å². The largest absolute Gasteiger partial charge is 0.372 e.